The van der Waals surface area contributed by atoms with E-state index in [9.17, 15) is 5.11 Å². The lowest BCUT2D eigenvalue weighted by Crippen LogP contribution is -2.17. The smallest absolute Gasteiger partial charge is 0.123 e. The fourth-order valence-electron chi connectivity index (χ4n) is 1.72. The Labute approximate surface area is 111 Å². The highest BCUT2D eigenvalue weighted by Gasteiger charge is 2.08. The Morgan fingerprint density at radius 1 is 1.39 bits per heavy atom. The summed E-state index contributed by atoms with van der Waals surface area (Å²) >= 11 is 1.73. The molecule has 0 aliphatic heterocycles. The number of benzene rings is 1. The van der Waals surface area contributed by atoms with Gasteiger partial charge in [0.2, 0.25) is 0 Å². The van der Waals surface area contributed by atoms with Crippen LogP contribution in [0.25, 0.3) is 0 Å². The Bertz CT molecular complexity index is 497. The average molecular weight is 263 g/mol. The SMILES string of the molecule is COc1ccc(CN[C@@H](C)c2cccs2)c(O)c1. The van der Waals surface area contributed by atoms with E-state index in [0.717, 1.165) is 5.56 Å². The number of aromatic hydroxyl groups is 1. The van der Waals surface area contributed by atoms with E-state index in [2.05, 4.69) is 23.7 Å². The summed E-state index contributed by atoms with van der Waals surface area (Å²) in [5, 5.41) is 15.3. The molecule has 0 saturated carbocycles. The first-order valence-corrected chi connectivity index (χ1v) is 6.71. The van der Waals surface area contributed by atoms with E-state index in [-0.39, 0.29) is 11.8 Å². The molecule has 1 heterocycles. The molecule has 1 aromatic carbocycles. The maximum absolute atomic E-state index is 9.85. The molecule has 0 bridgehead atoms. The van der Waals surface area contributed by atoms with E-state index in [1.54, 1.807) is 24.5 Å². The first kappa shape index (κ1) is 12.9. The van der Waals surface area contributed by atoms with Crippen molar-refractivity contribution >= 4 is 11.3 Å². The molecule has 2 rings (SSSR count). The number of phenols is 1. The molecule has 1 aromatic heterocycles. The molecule has 18 heavy (non-hydrogen) atoms. The molecule has 0 amide bonds. The highest BCUT2D eigenvalue weighted by molar-refractivity contribution is 7.10. The zero-order chi connectivity index (χ0) is 13.0. The van der Waals surface area contributed by atoms with Crippen molar-refractivity contribution in [3.8, 4) is 11.5 Å². The van der Waals surface area contributed by atoms with Gasteiger partial charge in [0.05, 0.1) is 7.11 Å². The van der Waals surface area contributed by atoms with Crippen molar-refractivity contribution in [3.63, 3.8) is 0 Å². The van der Waals surface area contributed by atoms with Crippen LogP contribution in [0.15, 0.2) is 35.7 Å². The van der Waals surface area contributed by atoms with Crippen LogP contribution in [0.5, 0.6) is 11.5 Å². The number of phenolic OH excluding ortho intramolecular Hbond substituents is 1. The topological polar surface area (TPSA) is 41.5 Å². The zero-order valence-corrected chi connectivity index (χ0v) is 11.3. The molecule has 0 aliphatic carbocycles. The average Bonchev–Trinajstić information content (AvgIpc) is 2.90. The molecule has 0 fully saturated rings. The highest BCUT2D eigenvalue weighted by atomic mass is 32.1. The van der Waals surface area contributed by atoms with Gasteiger partial charge in [0, 0.05) is 29.1 Å². The van der Waals surface area contributed by atoms with Gasteiger partial charge in [-0.25, -0.2) is 0 Å². The van der Waals surface area contributed by atoms with Crippen LogP contribution in [0.2, 0.25) is 0 Å². The maximum atomic E-state index is 9.85. The predicted octanol–water partition coefficient (Wildman–Crippen LogP) is 3.31. The third-order valence-corrected chi connectivity index (χ3v) is 3.92. The summed E-state index contributed by atoms with van der Waals surface area (Å²) in [4.78, 5) is 1.29. The van der Waals surface area contributed by atoms with Gasteiger partial charge in [-0.3, -0.25) is 0 Å². The molecule has 96 valence electrons. The minimum atomic E-state index is 0.264. The van der Waals surface area contributed by atoms with Crippen LogP contribution in [0.1, 0.15) is 23.4 Å². The molecule has 0 aliphatic rings. The summed E-state index contributed by atoms with van der Waals surface area (Å²) in [5.41, 5.74) is 0.874. The summed E-state index contributed by atoms with van der Waals surface area (Å²) in [7, 11) is 1.59. The standard InChI is InChI=1S/C14H17NO2S/c1-10(14-4-3-7-18-14)15-9-11-5-6-12(17-2)8-13(11)16/h3-8,10,15-16H,9H2,1-2H3/t10-/m0/s1. The Morgan fingerprint density at radius 3 is 2.83 bits per heavy atom. The van der Waals surface area contributed by atoms with Crippen molar-refractivity contribution in [1.82, 2.24) is 5.32 Å². The van der Waals surface area contributed by atoms with Crippen molar-refractivity contribution in [2.24, 2.45) is 0 Å². The van der Waals surface area contributed by atoms with Crippen molar-refractivity contribution in [3.05, 3.63) is 46.2 Å². The summed E-state index contributed by atoms with van der Waals surface area (Å²) < 4.78 is 5.06. The molecule has 0 unspecified atom stereocenters. The van der Waals surface area contributed by atoms with Crippen LogP contribution in [-0.2, 0) is 6.54 Å². The first-order chi connectivity index (χ1) is 8.70. The van der Waals surface area contributed by atoms with Crippen molar-refractivity contribution in [1.29, 1.82) is 0 Å². The van der Waals surface area contributed by atoms with E-state index in [4.69, 9.17) is 4.74 Å². The van der Waals surface area contributed by atoms with Crippen LogP contribution >= 0.6 is 11.3 Å². The van der Waals surface area contributed by atoms with E-state index in [1.165, 1.54) is 4.88 Å². The summed E-state index contributed by atoms with van der Waals surface area (Å²) in [5.74, 6) is 0.933. The van der Waals surface area contributed by atoms with Crippen LogP contribution in [0, 0.1) is 0 Å². The lowest BCUT2D eigenvalue weighted by atomic mass is 10.1. The molecular formula is C14H17NO2S. The number of hydrogen-bond acceptors (Lipinski definition) is 4. The summed E-state index contributed by atoms with van der Waals surface area (Å²) in [6.07, 6.45) is 0. The van der Waals surface area contributed by atoms with Gasteiger partial charge in [-0.1, -0.05) is 12.1 Å². The molecule has 2 aromatic rings. The third kappa shape index (κ3) is 3.03. The van der Waals surface area contributed by atoms with Crippen molar-refractivity contribution < 1.29 is 9.84 Å². The molecule has 0 spiro atoms. The molecule has 0 radical (unpaired) electrons. The van der Waals surface area contributed by atoms with Crippen LogP contribution in [0.4, 0.5) is 0 Å². The van der Waals surface area contributed by atoms with E-state index < -0.39 is 0 Å². The quantitative estimate of drug-likeness (QED) is 0.869. The molecule has 4 heteroatoms. The number of thiophene rings is 1. The first-order valence-electron chi connectivity index (χ1n) is 5.83. The van der Waals surface area contributed by atoms with E-state index in [0.29, 0.717) is 12.3 Å². The summed E-state index contributed by atoms with van der Waals surface area (Å²) in [6.45, 7) is 2.75. The fourth-order valence-corrected chi connectivity index (χ4v) is 2.48. The van der Waals surface area contributed by atoms with Gasteiger partial charge in [-0.2, -0.15) is 0 Å². The lowest BCUT2D eigenvalue weighted by molar-refractivity contribution is 0.405. The Morgan fingerprint density at radius 2 is 2.22 bits per heavy atom. The largest absolute Gasteiger partial charge is 0.507 e. The molecule has 2 N–H and O–H groups in total. The third-order valence-electron chi connectivity index (χ3n) is 2.86. The van der Waals surface area contributed by atoms with Crippen LogP contribution in [0.3, 0.4) is 0 Å². The number of ether oxygens (including phenoxy) is 1. The second kappa shape index (κ2) is 5.89. The van der Waals surface area contributed by atoms with Gasteiger partial charge in [-0.05, 0) is 24.4 Å². The number of methoxy groups -OCH3 is 1. The minimum Gasteiger partial charge on any atom is -0.507 e. The summed E-state index contributed by atoms with van der Waals surface area (Å²) in [6, 6.07) is 9.80. The number of hydrogen-bond donors (Lipinski definition) is 2. The van der Waals surface area contributed by atoms with Crippen LogP contribution in [-0.4, -0.2) is 12.2 Å². The number of nitrogens with one attached hydrogen (secondary N) is 1. The highest BCUT2D eigenvalue weighted by Crippen LogP contribution is 2.24. The van der Waals surface area contributed by atoms with Crippen molar-refractivity contribution in [2.45, 2.75) is 19.5 Å². The lowest BCUT2D eigenvalue weighted by Gasteiger charge is -2.13. The zero-order valence-electron chi connectivity index (χ0n) is 10.5. The van der Waals surface area contributed by atoms with Gasteiger partial charge in [-0.15, -0.1) is 11.3 Å². The Hall–Kier alpha value is -1.52. The minimum absolute atomic E-state index is 0.264. The van der Waals surface area contributed by atoms with Gasteiger partial charge < -0.3 is 15.2 Å². The predicted molar refractivity (Wildman–Crippen MR) is 74.2 cm³/mol. The van der Waals surface area contributed by atoms with Gasteiger partial charge in [0.1, 0.15) is 11.5 Å². The van der Waals surface area contributed by atoms with Gasteiger partial charge in [0.25, 0.3) is 0 Å². The fraction of sp³-hybridized carbons (Fsp3) is 0.286. The monoisotopic (exact) mass is 263 g/mol. The van der Waals surface area contributed by atoms with Gasteiger partial charge in [0.15, 0.2) is 0 Å². The second-order valence-corrected chi connectivity index (χ2v) is 5.09. The molecule has 0 saturated heterocycles. The van der Waals surface area contributed by atoms with Crippen LogP contribution < -0.4 is 10.1 Å². The normalized spacial score (nSPS) is 12.3. The van der Waals surface area contributed by atoms with E-state index in [1.807, 2.05) is 18.2 Å². The number of rotatable bonds is 5. The molecule has 3 nitrogen and oxygen atoms in total. The van der Waals surface area contributed by atoms with Crippen molar-refractivity contribution in [2.75, 3.05) is 7.11 Å². The second-order valence-electron chi connectivity index (χ2n) is 4.11. The van der Waals surface area contributed by atoms with Gasteiger partial charge >= 0.3 is 0 Å². The molecule has 1 atom stereocenters. The Kier molecular flexibility index (Phi) is 4.23. The van der Waals surface area contributed by atoms with E-state index >= 15 is 0 Å². The Balaban J connectivity index is 1.98. The molecular weight excluding hydrogens is 246 g/mol. The maximum Gasteiger partial charge on any atom is 0.123 e.